The van der Waals surface area contributed by atoms with Crippen molar-refractivity contribution in [2.24, 2.45) is 5.41 Å². The Hall–Kier alpha value is -1.71. The molecule has 88 valence electrons. The molecule has 0 amide bonds. The van der Waals surface area contributed by atoms with Crippen molar-refractivity contribution in [3.8, 4) is 6.07 Å². The van der Waals surface area contributed by atoms with Crippen molar-refractivity contribution in [1.29, 1.82) is 5.26 Å². The smallest absolute Gasteiger partial charge is 0.225 e. The molecule has 1 aromatic heterocycles. The van der Waals surface area contributed by atoms with Gasteiger partial charge in [-0.3, -0.25) is 4.21 Å². The second kappa shape index (κ2) is 3.95. The number of allylic oxidation sites excluding steroid dienone is 2. The molecule has 1 heterocycles. The molecule has 5 nitrogen and oxygen atoms in total. The lowest BCUT2D eigenvalue weighted by Gasteiger charge is -2.13. The molecule has 0 spiro atoms. The maximum absolute atomic E-state index is 11.1. The highest BCUT2D eigenvalue weighted by atomic mass is 32.2. The van der Waals surface area contributed by atoms with Gasteiger partial charge in [0, 0.05) is 5.41 Å². The lowest BCUT2D eigenvalue weighted by Crippen LogP contribution is -2.08. The summed E-state index contributed by atoms with van der Waals surface area (Å²) in [5.41, 5.74) is 0.743. The Morgan fingerprint density at radius 1 is 1.47 bits per heavy atom. The fourth-order valence-corrected chi connectivity index (χ4v) is 2.11. The van der Waals surface area contributed by atoms with Crippen molar-refractivity contribution in [2.45, 2.75) is 13.8 Å². The van der Waals surface area contributed by atoms with E-state index < -0.39 is 11.3 Å². The average molecular weight is 248 g/mol. The number of rotatable bonds is 1. The fraction of sp³-hybridized carbons (Fsp3) is 0.273. The van der Waals surface area contributed by atoms with E-state index in [9.17, 15) is 8.76 Å². The van der Waals surface area contributed by atoms with Gasteiger partial charge in [-0.1, -0.05) is 26.0 Å². The molecule has 17 heavy (non-hydrogen) atoms. The molecule has 0 fully saturated rings. The van der Waals surface area contributed by atoms with Crippen LogP contribution in [0.4, 0.5) is 0 Å². The zero-order chi connectivity index (χ0) is 12.6. The first-order valence-electron chi connectivity index (χ1n) is 4.96. The molecule has 0 saturated heterocycles. The van der Waals surface area contributed by atoms with E-state index in [2.05, 4.69) is 4.98 Å². The summed E-state index contributed by atoms with van der Waals surface area (Å²) in [5, 5.41) is 8.83. The van der Waals surface area contributed by atoms with Gasteiger partial charge in [0.05, 0.1) is 22.7 Å². The van der Waals surface area contributed by atoms with Gasteiger partial charge in [-0.25, -0.2) is 8.96 Å². The molecular weight excluding hydrogens is 238 g/mol. The summed E-state index contributed by atoms with van der Waals surface area (Å²) >= 11 is -2.53. The number of hydrogen-bond donors (Lipinski definition) is 0. The molecule has 1 atom stereocenters. The van der Waals surface area contributed by atoms with Crippen molar-refractivity contribution in [1.82, 2.24) is 8.96 Å². The summed E-state index contributed by atoms with van der Waals surface area (Å²) in [6, 6.07) is 1.77. The molecule has 1 unspecified atom stereocenters. The van der Waals surface area contributed by atoms with Gasteiger partial charge in [-0.2, -0.15) is 5.26 Å². The summed E-state index contributed by atoms with van der Waals surface area (Å²) < 4.78 is 23.1. The summed E-state index contributed by atoms with van der Waals surface area (Å²) in [6.07, 6.45) is 7.21. The standard InChI is InChI=1S/C11H11N3O2S/c1-11(2)5-3-8-9(4-6-11)14(17(15)16)10(7-12)13-8/h3-6H,1-2H3,(H,15,16)/p-1. The Morgan fingerprint density at radius 3 is 2.71 bits per heavy atom. The van der Waals surface area contributed by atoms with E-state index in [-0.39, 0.29) is 11.2 Å². The minimum absolute atomic E-state index is 0.127. The van der Waals surface area contributed by atoms with Gasteiger partial charge in [-0.15, -0.1) is 0 Å². The highest BCUT2D eigenvalue weighted by Crippen LogP contribution is 2.28. The molecule has 1 aromatic rings. The predicted molar refractivity (Wildman–Crippen MR) is 63.1 cm³/mol. The molecule has 0 N–H and O–H groups in total. The minimum Gasteiger partial charge on any atom is -0.755 e. The number of imidazole rings is 1. The molecular formula is C11H10N3O2S-. The van der Waals surface area contributed by atoms with E-state index in [4.69, 9.17) is 5.26 Å². The van der Waals surface area contributed by atoms with Crippen molar-refractivity contribution >= 4 is 23.4 Å². The van der Waals surface area contributed by atoms with Crippen LogP contribution >= 0.6 is 0 Å². The Morgan fingerprint density at radius 2 is 2.12 bits per heavy atom. The van der Waals surface area contributed by atoms with Crippen LogP contribution in [0.3, 0.4) is 0 Å². The maximum atomic E-state index is 11.1. The van der Waals surface area contributed by atoms with Gasteiger partial charge < -0.3 is 4.55 Å². The van der Waals surface area contributed by atoms with Gasteiger partial charge in [0.1, 0.15) is 6.07 Å². The van der Waals surface area contributed by atoms with Crippen LogP contribution in [0.15, 0.2) is 12.2 Å². The summed E-state index contributed by atoms with van der Waals surface area (Å²) in [5.74, 6) is -0.127. The van der Waals surface area contributed by atoms with E-state index >= 15 is 0 Å². The first-order valence-corrected chi connectivity index (χ1v) is 5.99. The fourth-order valence-electron chi connectivity index (χ4n) is 1.57. The van der Waals surface area contributed by atoms with Crippen molar-refractivity contribution in [2.75, 3.05) is 0 Å². The van der Waals surface area contributed by atoms with E-state index in [1.807, 2.05) is 26.0 Å². The minimum atomic E-state index is -2.53. The molecule has 1 aliphatic carbocycles. The van der Waals surface area contributed by atoms with Crippen LogP contribution in [0.25, 0.3) is 12.2 Å². The van der Waals surface area contributed by atoms with Gasteiger partial charge in [-0.05, 0) is 12.2 Å². The van der Waals surface area contributed by atoms with E-state index in [0.29, 0.717) is 11.4 Å². The van der Waals surface area contributed by atoms with Gasteiger partial charge in [0.15, 0.2) is 0 Å². The molecule has 0 aromatic carbocycles. The molecule has 0 radical (unpaired) electrons. The lowest BCUT2D eigenvalue weighted by molar-refractivity contribution is 0.527. The first kappa shape index (κ1) is 11.8. The SMILES string of the molecule is CC1(C)C=Cc2nc(C#N)n(S(=O)[O-])c2C=C1. The van der Waals surface area contributed by atoms with Crippen LogP contribution in [-0.2, 0) is 11.3 Å². The largest absolute Gasteiger partial charge is 0.755 e. The summed E-state index contributed by atoms with van der Waals surface area (Å²) in [6.45, 7) is 3.99. The quantitative estimate of drug-likeness (QED) is 0.704. The molecule has 2 rings (SSSR count). The van der Waals surface area contributed by atoms with Crippen LogP contribution in [0.1, 0.15) is 31.1 Å². The van der Waals surface area contributed by atoms with Crippen molar-refractivity contribution in [3.05, 3.63) is 29.4 Å². The third-order valence-corrected chi connectivity index (χ3v) is 3.16. The van der Waals surface area contributed by atoms with Crippen molar-refractivity contribution in [3.63, 3.8) is 0 Å². The van der Waals surface area contributed by atoms with E-state index in [0.717, 1.165) is 3.97 Å². The van der Waals surface area contributed by atoms with Crippen LogP contribution in [-0.4, -0.2) is 17.7 Å². The van der Waals surface area contributed by atoms with E-state index in [1.165, 1.54) is 0 Å². The van der Waals surface area contributed by atoms with Crippen molar-refractivity contribution < 1.29 is 8.76 Å². The number of fused-ring (bicyclic) bond motifs is 1. The first-order chi connectivity index (χ1) is 7.94. The second-order valence-corrected chi connectivity index (χ2v) is 5.12. The van der Waals surface area contributed by atoms with E-state index in [1.54, 1.807) is 18.2 Å². The van der Waals surface area contributed by atoms with Crippen LogP contribution in [0, 0.1) is 16.7 Å². The maximum Gasteiger partial charge on any atom is 0.225 e. The summed E-state index contributed by atoms with van der Waals surface area (Å²) in [7, 11) is 0. The third-order valence-electron chi connectivity index (χ3n) is 2.49. The Labute approximate surface area is 102 Å². The average Bonchev–Trinajstić information content (AvgIpc) is 2.55. The lowest BCUT2D eigenvalue weighted by atomic mass is 9.93. The second-order valence-electron chi connectivity index (χ2n) is 4.32. The van der Waals surface area contributed by atoms with Gasteiger partial charge in [0.2, 0.25) is 5.82 Å². The Kier molecular flexibility index (Phi) is 2.73. The predicted octanol–water partition coefficient (Wildman–Crippen LogP) is 1.46. The monoisotopic (exact) mass is 248 g/mol. The number of nitrogens with zero attached hydrogens (tertiary/aromatic N) is 3. The molecule has 0 aliphatic heterocycles. The van der Waals surface area contributed by atoms with Crippen LogP contribution < -0.4 is 0 Å². The number of hydrogen-bond acceptors (Lipinski definition) is 4. The highest BCUT2D eigenvalue weighted by Gasteiger charge is 2.19. The Bertz CT molecular complexity index is 591. The van der Waals surface area contributed by atoms with Gasteiger partial charge in [0.25, 0.3) is 0 Å². The van der Waals surface area contributed by atoms with Crippen LogP contribution in [0.2, 0.25) is 0 Å². The number of nitriles is 1. The Balaban J connectivity index is 2.68. The molecule has 1 aliphatic rings. The van der Waals surface area contributed by atoms with Crippen LogP contribution in [0.5, 0.6) is 0 Å². The highest BCUT2D eigenvalue weighted by molar-refractivity contribution is 7.77. The zero-order valence-electron chi connectivity index (χ0n) is 9.38. The number of aromatic nitrogens is 2. The van der Waals surface area contributed by atoms with Gasteiger partial charge >= 0.3 is 0 Å². The normalized spacial score (nSPS) is 18.2. The molecule has 6 heteroatoms. The summed E-state index contributed by atoms with van der Waals surface area (Å²) in [4.78, 5) is 3.99. The topological polar surface area (TPSA) is 81.7 Å². The molecule has 0 saturated carbocycles. The molecule has 0 bridgehead atoms. The third kappa shape index (κ3) is 2.07. The zero-order valence-corrected chi connectivity index (χ0v) is 10.2.